The van der Waals surface area contributed by atoms with Gasteiger partial charge in [0.25, 0.3) is 10.0 Å². The van der Waals surface area contributed by atoms with E-state index >= 15 is 0 Å². The smallest absolute Gasteiger partial charge is 0.250 e. The number of nitrogens with one attached hydrogen (secondary N) is 2. The van der Waals surface area contributed by atoms with Crippen molar-refractivity contribution in [1.82, 2.24) is 14.5 Å². The maximum Gasteiger partial charge on any atom is 0.250 e. The molecule has 2 aromatic heterocycles. The first-order chi connectivity index (χ1) is 14.0. The van der Waals surface area contributed by atoms with E-state index in [1.807, 2.05) is 20.8 Å². The number of benzene rings is 1. The second-order valence-corrected chi connectivity index (χ2v) is 10.7. The molecule has 0 saturated heterocycles. The number of anilines is 1. The summed E-state index contributed by atoms with van der Waals surface area (Å²) in [6.45, 7) is 7.40. The number of rotatable bonds is 6. The summed E-state index contributed by atoms with van der Waals surface area (Å²) in [6, 6.07) is 9.50. The highest BCUT2D eigenvalue weighted by molar-refractivity contribution is 7.91. The molecular weight excluding hydrogens is 427 g/mol. The number of thiophene rings is 1. The zero-order valence-electron chi connectivity index (χ0n) is 17.0. The molecule has 2 heterocycles. The number of sulfonamides is 1. The average Bonchev–Trinajstić information content (AvgIpc) is 3.32. The third-order valence-corrected chi connectivity index (χ3v) is 7.22. The number of halogens is 1. The fourth-order valence-electron chi connectivity index (χ4n) is 2.61. The molecule has 2 N–H and O–H groups in total. The first kappa shape index (κ1) is 22.1. The van der Waals surface area contributed by atoms with Gasteiger partial charge in [-0.1, -0.05) is 26.8 Å². The lowest BCUT2D eigenvalue weighted by Gasteiger charge is -2.14. The topological polar surface area (TPSA) is 93.1 Å². The van der Waals surface area contributed by atoms with Crippen molar-refractivity contribution < 1.29 is 17.6 Å². The Kier molecular flexibility index (Phi) is 6.11. The number of carbonyl (C=O) groups is 1. The zero-order chi connectivity index (χ0) is 22.1. The van der Waals surface area contributed by atoms with Crippen LogP contribution in [0.15, 0.2) is 52.1 Å². The predicted molar refractivity (Wildman–Crippen MR) is 115 cm³/mol. The molecule has 3 aromatic rings. The molecule has 0 aliphatic heterocycles. The number of amides is 1. The second kappa shape index (κ2) is 8.29. The Balaban J connectivity index is 1.86. The average molecular weight is 451 g/mol. The van der Waals surface area contributed by atoms with Crippen LogP contribution in [0.2, 0.25) is 0 Å². The standard InChI is InChI=1S/C20H23FN4O3S2/c1-13(24-30(27,28)18-6-5-11-29-18)19(26)22-17-12-16(20(2,3)4)23-25(17)15-9-7-14(21)8-10-15/h5-13,24H,1-4H3,(H,22,26). The van der Waals surface area contributed by atoms with Crippen LogP contribution in [0, 0.1) is 5.82 Å². The van der Waals surface area contributed by atoms with Gasteiger partial charge >= 0.3 is 0 Å². The molecule has 0 aliphatic carbocycles. The Morgan fingerprint density at radius 3 is 2.43 bits per heavy atom. The molecule has 10 heteroatoms. The van der Waals surface area contributed by atoms with Crippen LogP contribution in [-0.4, -0.2) is 30.1 Å². The number of aromatic nitrogens is 2. The lowest BCUT2D eigenvalue weighted by molar-refractivity contribution is -0.117. The number of nitrogens with zero attached hydrogens (tertiary/aromatic N) is 2. The predicted octanol–water partition coefficient (Wildman–Crippen LogP) is 3.68. The van der Waals surface area contributed by atoms with Gasteiger partial charge < -0.3 is 5.32 Å². The molecular formula is C20H23FN4O3S2. The third kappa shape index (κ3) is 4.94. The highest BCUT2D eigenvalue weighted by Crippen LogP contribution is 2.26. The molecule has 7 nitrogen and oxygen atoms in total. The van der Waals surface area contributed by atoms with Crippen molar-refractivity contribution in [2.24, 2.45) is 0 Å². The van der Waals surface area contributed by atoms with Gasteiger partial charge in [-0.05, 0) is 42.6 Å². The SMILES string of the molecule is CC(NS(=O)(=O)c1cccs1)C(=O)Nc1cc(C(C)(C)C)nn1-c1ccc(F)cc1. The van der Waals surface area contributed by atoms with Gasteiger partial charge in [0, 0.05) is 11.5 Å². The second-order valence-electron chi connectivity index (χ2n) is 7.82. The Hall–Kier alpha value is -2.56. The van der Waals surface area contributed by atoms with E-state index in [2.05, 4.69) is 15.1 Å². The van der Waals surface area contributed by atoms with E-state index in [0.29, 0.717) is 17.2 Å². The van der Waals surface area contributed by atoms with Gasteiger partial charge in [-0.25, -0.2) is 17.5 Å². The summed E-state index contributed by atoms with van der Waals surface area (Å²) in [4.78, 5) is 12.7. The van der Waals surface area contributed by atoms with E-state index in [4.69, 9.17) is 0 Å². The van der Waals surface area contributed by atoms with Crippen molar-refractivity contribution in [1.29, 1.82) is 0 Å². The Morgan fingerprint density at radius 2 is 1.87 bits per heavy atom. The summed E-state index contributed by atoms with van der Waals surface area (Å²) >= 11 is 1.07. The minimum absolute atomic E-state index is 0.133. The summed E-state index contributed by atoms with van der Waals surface area (Å²) in [5.41, 5.74) is 0.986. The van der Waals surface area contributed by atoms with Crippen LogP contribution in [0.3, 0.4) is 0 Å². The number of carbonyl (C=O) groups excluding carboxylic acids is 1. The van der Waals surface area contributed by atoms with Gasteiger partial charge in [-0.3, -0.25) is 4.79 Å². The lowest BCUT2D eigenvalue weighted by Crippen LogP contribution is -2.41. The van der Waals surface area contributed by atoms with Crippen molar-refractivity contribution >= 4 is 33.1 Å². The van der Waals surface area contributed by atoms with Gasteiger partial charge in [0.2, 0.25) is 5.91 Å². The molecule has 0 spiro atoms. The fraction of sp³-hybridized carbons (Fsp3) is 0.300. The highest BCUT2D eigenvalue weighted by Gasteiger charge is 2.26. The van der Waals surface area contributed by atoms with Crippen molar-refractivity contribution in [2.75, 3.05) is 5.32 Å². The summed E-state index contributed by atoms with van der Waals surface area (Å²) < 4.78 is 42.1. The van der Waals surface area contributed by atoms with E-state index < -0.39 is 22.0 Å². The molecule has 1 unspecified atom stereocenters. The molecule has 160 valence electrons. The first-order valence-corrected chi connectivity index (χ1v) is 11.6. The molecule has 1 aromatic carbocycles. The first-order valence-electron chi connectivity index (χ1n) is 9.20. The van der Waals surface area contributed by atoms with Gasteiger partial charge in [0.05, 0.1) is 17.4 Å². The minimum atomic E-state index is -3.79. The normalized spacial score (nSPS) is 13.2. The van der Waals surface area contributed by atoms with Crippen LogP contribution in [0.5, 0.6) is 0 Å². The Labute approximate surface area is 179 Å². The van der Waals surface area contributed by atoms with E-state index in [0.717, 1.165) is 11.3 Å². The van der Waals surface area contributed by atoms with E-state index in [1.54, 1.807) is 29.6 Å². The minimum Gasteiger partial charge on any atom is -0.309 e. The van der Waals surface area contributed by atoms with Crippen LogP contribution in [0.1, 0.15) is 33.4 Å². The van der Waals surface area contributed by atoms with E-state index in [9.17, 15) is 17.6 Å². The van der Waals surface area contributed by atoms with Gasteiger partial charge in [0.1, 0.15) is 15.8 Å². The summed E-state index contributed by atoms with van der Waals surface area (Å²) in [5.74, 6) is -0.568. The molecule has 0 saturated carbocycles. The molecule has 30 heavy (non-hydrogen) atoms. The molecule has 0 fully saturated rings. The molecule has 3 rings (SSSR count). The van der Waals surface area contributed by atoms with Gasteiger partial charge in [-0.15, -0.1) is 11.3 Å². The van der Waals surface area contributed by atoms with Gasteiger partial charge in [0.15, 0.2) is 0 Å². The van der Waals surface area contributed by atoms with Crippen LogP contribution in [0.25, 0.3) is 5.69 Å². The largest absolute Gasteiger partial charge is 0.309 e. The molecule has 1 atom stereocenters. The molecule has 0 aliphatic rings. The zero-order valence-corrected chi connectivity index (χ0v) is 18.6. The number of hydrogen-bond donors (Lipinski definition) is 2. The summed E-state index contributed by atoms with van der Waals surface area (Å²) in [6.07, 6.45) is 0. The maximum atomic E-state index is 13.3. The summed E-state index contributed by atoms with van der Waals surface area (Å²) in [5, 5.41) is 8.93. The van der Waals surface area contributed by atoms with Gasteiger partial charge in [-0.2, -0.15) is 9.82 Å². The van der Waals surface area contributed by atoms with Crippen molar-refractivity contribution in [2.45, 2.75) is 43.4 Å². The molecule has 0 radical (unpaired) electrons. The van der Waals surface area contributed by atoms with Crippen molar-refractivity contribution in [3.8, 4) is 5.69 Å². The van der Waals surface area contributed by atoms with E-state index in [-0.39, 0.29) is 15.4 Å². The number of hydrogen-bond acceptors (Lipinski definition) is 5. The Morgan fingerprint density at radius 1 is 1.20 bits per heavy atom. The van der Waals surface area contributed by atoms with E-state index in [1.165, 1.54) is 29.8 Å². The lowest BCUT2D eigenvalue weighted by atomic mass is 9.92. The van der Waals surface area contributed by atoms with Crippen LogP contribution in [0.4, 0.5) is 10.2 Å². The van der Waals surface area contributed by atoms with Crippen LogP contribution < -0.4 is 10.0 Å². The van der Waals surface area contributed by atoms with Crippen LogP contribution >= 0.6 is 11.3 Å². The third-order valence-electron chi connectivity index (χ3n) is 4.29. The maximum absolute atomic E-state index is 13.3. The molecule has 0 bridgehead atoms. The monoisotopic (exact) mass is 450 g/mol. The molecule has 1 amide bonds. The Bertz CT molecular complexity index is 1130. The fourth-order valence-corrected chi connectivity index (χ4v) is 4.82. The van der Waals surface area contributed by atoms with Crippen molar-refractivity contribution in [3.63, 3.8) is 0 Å². The highest BCUT2D eigenvalue weighted by atomic mass is 32.2. The summed E-state index contributed by atoms with van der Waals surface area (Å²) in [7, 11) is -3.79. The van der Waals surface area contributed by atoms with Crippen molar-refractivity contribution in [3.05, 3.63) is 59.4 Å². The van der Waals surface area contributed by atoms with Crippen LogP contribution in [-0.2, 0) is 20.2 Å². The quantitative estimate of drug-likeness (QED) is 0.599.